The van der Waals surface area contributed by atoms with Crippen LogP contribution in [0.4, 0.5) is 0 Å². The summed E-state index contributed by atoms with van der Waals surface area (Å²) in [5.74, 6) is 0. The number of para-hydroxylation sites is 2. The van der Waals surface area contributed by atoms with Crippen LogP contribution in [0.2, 0.25) is 0 Å². The second-order valence-corrected chi connectivity index (χ2v) is 12.3. The Morgan fingerprint density at radius 2 is 1.00 bits per heavy atom. The molecule has 50 heavy (non-hydrogen) atoms. The van der Waals surface area contributed by atoms with E-state index in [9.17, 15) is 15.8 Å². The second kappa shape index (κ2) is 11.4. The maximum atomic E-state index is 10.1. The first-order valence-electron chi connectivity index (χ1n) is 16.3. The van der Waals surface area contributed by atoms with Gasteiger partial charge in [-0.3, -0.25) is 0 Å². The van der Waals surface area contributed by atoms with Crippen LogP contribution in [0.1, 0.15) is 16.7 Å². The maximum absolute atomic E-state index is 10.1. The third-order valence-electron chi connectivity index (χ3n) is 9.64. The first-order valence-corrected chi connectivity index (χ1v) is 16.3. The Balaban J connectivity index is 1.25. The Morgan fingerprint density at radius 3 is 1.70 bits per heavy atom. The van der Waals surface area contributed by atoms with Crippen molar-refractivity contribution in [3.8, 4) is 51.8 Å². The molecule has 0 spiro atoms. The number of nitrogens with zero attached hydrogens (tertiary/aromatic N) is 5. The number of hydrogen-bond acceptors (Lipinski definition) is 3. The highest BCUT2D eigenvalue weighted by Gasteiger charge is 2.20. The van der Waals surface area contributed by atoms with Gasteiger partial charge in [-0.25, -0.2) is 0 Å². The van der Waals surface area contributed by atoms with Crippen LogP contribution >= 0.6 is 0 Å². The summed E-state index contributed by atoms with van der Waals surface area (Å²) < 4.78 is 4.45. The molecule has 2 heterocycles. The lowest BCUT2D eigenvalue weighted by molar-refractivity contribution is 1.18. The number of rotatable bonds is 4. The minimum Gasteiger partial charge on any atom is -0.309 e. The van der Waals surface area contributed by atoms with Crippen LogP contribution in [0.25, 0.3) is 77.2 Å². The van der Waals surface area contributed by atoms with Gasteiger partial charge in [0.2, 0.25) is 0 Å². The average molecular weight is 636 g/mol. The monoisotopic (exact) mass is 635 g/mol. The van der Waals surface area contributed by atoms with Crippen molar-refractivity contribution < 1.29 is 0 Å². The maximum Gasteiger partial charge on any atom is 0.0998 e. The first kappa shape index (κ1) is 28.8. The lowest BCUT2D eigenvalue weighted by atomic mass is 9.92. The molecule has 9 aromatic rings. The van der Waals surface area contributed by atoms with Crippen molar-refractivity contribution in [3.05, 3.63) is 168 Å². The van der Waals surface area contributed by atoms with E-state index < -0.39 is 0 Å². The van der Waals surface area contributed by atoms with Crippen LogP contribution in [0, 0.1) is 34.0 Å². The Bertz CT molecular complexity index is 2900. The van der Waals surface area contributed by atoms with Gasteiger partial charge >= 0.3 is 0 Å². The Hall–Kier alpha value is -7.39. The molecule has 7 aromatic carbocycles. The van der Waals surface area contributed by atoms with Gasteiger partial charge in [0.05, 0.1) is 62.7 Å². The average Bonchev–Trinajstić information content (AvgIpc) is 3.70. The topological polar surface area (TPSA) is 81.2 Å². The largest absolute Gasteiger partial charge is 0.309 e. The highest BCUT2D eigenvalue weighted by molar-refractivity contribution is 6.13. The van der Waals surface area contributed by atoms with Crippen LogP contribution < -0.4 is 0 Å². The zero-order valence-electron chi connectivity index (χ0n) is 26.7. The Morgan fingerprint density at radius 1 is 0.400 bits per heavy atom. The molecular weight excluding hydrogens is 611 g/mol. The van der Waals surface area contributed by atoms with E-state index in [-0.39, 0.29) is 0 Å². The summed E-state index contributed by atoms with van der Waals surface area (Å²) in [5, 5.41) is 33.9. The summed E-state index contributed by atoms with van der Waals surface area (Å²) in [4.78, 5) is 0. The summed E-state index contributed by atoms with van der Waals surface area (Å²) >= 11 is 0. The lowest BCUT2D eigenvalue weighted by Gasteiger charge is -2.18. The fourth-order valence-corrected chi connectivity index (χ4v) is 7.47. The predicted molar refractivity (Wildman–Crippen MR) is 200 cm³/mol. The lowest BCUT2D eigenvalue weighted by Crippen LogP contribution is -1.99. The summed E-state index contributed by atoms with van der Waals surface area (Å²) in [6, 6.07) is 57.9. The third-order valence-corrected chi connectivity index (χ3v) is 9.64. The van der Waals surface area contributed by atoms with Gasteiger partial charge in [-0.15, -0.1) is 0 Å². The molecule has 0 aliphatic carbocycles. The summed E-state index contributed by atoms with van der Waals surface area (Å²) in [6.45, 7) is 0. The van der Waals surface area contributed by atoms with Gasteiger partial charge in [-0.1, -0.05) is 78.9 Å². The molecule has 0 aliphatic rings. The SMILES string of the molecule is N#Cc1ccc(-n2c3ccc(C#N)cc3c3c(C#N)cccc32)c(-c2ccccc2-c2ccc(-n3c4ccccc4c4ccccc43)cc2)c1. The van der Waals surface area contributed by atoms with Crippen LogP contribution in [-0.2, 0) is 0 Å². The minimum absolute atomic E-state index is 0.527. The number of nitriles is 3. The minimum atomic E-state index is 0.527. The van der Waals surface area contributed by atoms with Gasteiger partial charge in [0.1, 0.15) is 0 Å². The molecular formula is C45H25N5. The van der Waals surface area contributed by atoms with Gasteiger partial charge in [-0.2, -0.15) is 15.8 Å². The van der Waals surface area contributed by atoms with Gasteiger partial charge in [0, 0.05) is 32.8 Å². The van der Waals surface area contributed by atoms with E-state index in [1.165, 1.54) is 10.8 Å². The van der Waals surface area contributed by atoms with Crippen molar-refractivity contribution in [1.82, 2.24) is 9.13 Å². The fourth-order valence-electron chi connectivity index (χ4n) is 7.47. The van der Waals surface area contributed by atoms with Crippen LogP contribution in [-0.4, -0.2) is 9.13 Å². The van der Waals surface area contributed by atoms with Crippen molar-refractivity contribution in [3.63, 3.8) is 0 Å². The van der Waals surface area contributed by atoms with Gasteiger partial charge in [0.15, 0.2) is 0 Å². The zero-order valence-corrected chi connectivity index (χ0v) is 26.7. The van der Waals surface area contributed by atoms with E-state index in [0.717, 1.165) is 66.5 Å². The van der Waals surface area contributed by atoms with Crippen molar-refractivity contribution in [2.24, 2.45) is 0 Å². The molecule has 0 N–H and O–H groups in total. The Labute approximate surface area is 287 Å². The number of fused-ring (bicyclic) bond motifs is 6. The summed E-state index contributed by atoms with van der Waals surface area (Å²) in [6.07, 6.45) is 0. The molecule has 0 fully saturated rings. The van der Waals surface area contributed by atoms with E-state index in [1.54, 1.807) is 6.07 Å². The van der Waals surface area contributed by atoms with Crippen molar-refractivity contribution in [2.45, 2.75) is 0 Å². The van der Waals surface area contributed by atoms with Gasteiger partial charge in [-0.05, 0) is 89.5 Å². The number of aromatic nitrogens is 2. The molecule has 0 atom stereocenters. The third kappa shape index (κ3) is 4.31. The van der Waals surface area contributed by atoms with Gasteiger partial charge < -0.3 is 9.13 Å². The van der Waals surface area contributed by atoms with E-state index >= 15 is 0 Å². The number of hydrogen-bond donors (Lipinski definition) is 0. The predicted octanol–water partition coefficient (Wildman–Crippen LogP) is 10.8. The molecule has 9 rings (SSSR count). The van der Waals surface area contributed by atoms with E-state index in [4.69, 9.17) is 0 Å². The van der Waals surface area contributed by atoms with Crippen molar-refractivity contribution in [2.75, 3.05) is 0 Å². The molecule has 0 radical (unpaired) electrons. The number of benzene rings is 7. The molecule has 0 amide bonds. The molecule has 0 saturated carbocycles. The van der Waals surface area contributed by atoms with Crippen LogP contribution in [0.15, 0.2) is 152 Å². The molecule has 230 valence electrons. The van der Waals surface area contributed by atoms with E-state index in [2.05, 4.69) is 112 Å². The molecule has 0 aliphatic heterocycles. The molecule has 2 aromatic heterocycles. The molecule has 0 bridgehead atoms. The molecule has 0 unspecified atom stereocenters. The van der Waals surface area contributed by atoms with Crippen LogP contribution in [0.5, 0.6) is 0 Å². The highest BCUT2D eigenvalue weighted by atomic mass is 15.0. The molecule has 0 saturated heterocycles. The van der Waals surface area contributed by atoms with E-state index in [1.807, 2.05) is 60.7 Å². The van der Waals surface area contributed by atoms with E-state index in [0.29, 0.717) is 16.7 Å². The van der Waals surface area contributed by atoms with Crippen LogP contribution in [0.3, 0.4) is 0 Å². The summed E-state index contributed by atoms with van der Waals surface area (Å²) in [7, 11) is 0. The quantitative estimate of drug-likeness (QED) is 0.193. The standard InChI is InChI=1S/C45H25N5/c46-26-29-16-22-42(50-43-23-17-30(27-47)25-39(43)45-32(28-48)8-7-15-44(45)50)38(24-29)35-10-2-1-9-34(35)31-18-20-33(21-19-31)49-40-13-5-3-11-36(40)37-12-4-6-14-41(37)49/h1-25H. The summed E-state index contributed by atoms with van der Waals surface area (Å²) in [5.41, 5.74) is 11.6. The molecule has 5 heteroatoms. The smallest absolute Gasteiger partial charge is 0.0998 e. The van der Waals surface area contributed by atoms with Crippen molar-refractivity contribution in [1.29, 1.82) is 15.8 Å². The second-order valence-electron chi connectivity index (χ2n) is 12.3. The highest BCUT2D eigenvalue weighted by Crippen LogP contribution is 2.41. The van der Waals surface area contributed by atoms with Crippen molar-refractivity contribution >= 4 is 43.6 Å². The normalized spacial score (nSPS) is 11.1. The Kier molecular flexibility index (Phi) is 6.56. The fraction of sp³-hybridized carbons (Fsp3) is 0. The first-order chi connectivity index (χ1) is 24.7. The van der Waals surface area contributed by atoms with Gasteiger partial charge in [0.25, 0.3) is 0 Å². The molecule has 5 nitrogen and oxygen atoms in total. The zero-order chi connectivity index (χ0) is 33.8.